The van der Waals surface area contributed by atoms with E-state index in [1.165, 1.54) is 12.8 Å². The van der Waals surface area contributed by atoms with Crippen LogP contribution in [0.5, 0.6) is 0 Å². The predicted octanol–water partition coefficient (Wildman–Crippen LogP) is 0.603. The van der Waals surface area contributed by atoms with Crippen molar-refractivity contribution in [3.05, 3.63) is 0 Å². The number of rotatable bonds is 5. The van der Waals surface area contributed by atoms with Crippen LogP contribution in [0.1, 0.15) is 25.7 Å². The summed E-state index contributed by atoms with van der Waals surface area (Å²) in [6.07, 6.45) is 0.0795. The van der Waals surface area contributed by atoms with E-state index in [2.05, 4.69) is 15.2 Å². The summed E-state index contributed by atoms with van der Waals surface area (Å²) < 4.78 is 37.2. The number of nitrogens with zero attached hydrogens (tertiary/aromatic N) is 5. The van der Waals surface area contributed by atoms with Gasteiger partial charge in [-0.15, -0.1) is 0 Å². The first-order chi connectivity index (χ1) is 14.2. The van der Waals surface area contributed by atoms with Gasteiger partial charge in [-0.3, -0.25) is 19.5 Å². The Morgan fingerprint density at radius 2 is 1.57 bits per heavy atom. The van der Waals surface area contributed by atoms with E-state index in [4.69, 9.17) is 0 Å². The van der Waals surface area contributed by atoms with Gasteiger partial charge in [-0.25, -0.2) is 0 Å². The van der Waals surface area contributed by atoms with Crippen LogP contribution < -0.4 is 5.32 Å². The Morgan fingerprint density at radius 1 is 0.967 bits per heavy atom. The molecule has 2 fully saturated rings. The van der Waals surface area contributed by atoms with Gasteiger partial charge in [0, 0.05) is 53.4 Å². The summed E-state index contributed by atoms with van der Waals surface area (Å²) in [5, 5.41) is 2.84. The van der Waals surface area contributed by atoms with Crippen molar-refractivity contribution in [2.24, 2.45) is 4.99 Å². The highest BCUT2D eigenvalue weighted by Gasteiger charge is 2.31. The number of likely N-dealkylation sites (tertiary alicyclic amines) is 1. The quantitative estimate of drug-likeness (QED) is 0.507. The molecule has 172 valence electrons. The number of carbonyl (C=O) groups excluding carboxylic acids is 2. The van der Waals surface area contributed by atoms with E-state index in [0.29, 0.717) is 43.6 Å². The van der Waals surface area contributed by atoms with Gasteiger partial charge in [0.05, 0.1) is 13.1 Å². The minimum absolute atomic E-state index is 0.172. The molecule has 2 saturated heterocycles. The molecule has 8 nitrogen and oxygen atoms in total. The van der Waals surface area contributed by atoms with Crippen molar-refractivity contribution in [1.29, 1.82) is 0 Å². The maximum atomic E-state index is 12.5. The molecule has 0 aromatic heterocycles. The molecule has 0 atom stereocenters. The Balaban J connectivity index is 1.74. The lowest BCUT2D eigenvalue weighted by molar-refractivity contribution is -0.157. The van der Waals surface area contributed by atoms with E-state index >= 15 is 0 Å². The summed E-state index contributed by atoms with van der Waals surface area (Å²) >= 11 is 0. The van der Waals surface area contributed by atoms with Gasteiger partial charge in [0.2, 0.25) is 11.8 Å². The largest absolute Gasteiger partial charge is 0.406 e. The molecule has 11 heteroatoms. The third-order valence-corrected chi connectivity index (χ3v) is 5.44. The number of carbonyl (C=O) groups is 2. The molecule has 0 aromatic carbocycles. The SMILES string of the molecule is CN=C(NCC(=O)N(C)CC(F)(F)F)N1CCN(CC(=O)N2CCCCCC2)CC1. The van der Waals surface area contributed by atoms with Crippen LogP contribution >= 0.6 is 0 Å². The minimum atomic E-state index is -4.42. The standard InChI is InChI=1S/C19H33F3N6O2/c1-23-18(24-13-16(29)25(2)15-19(20,21)22)28-11-9-26(10-12-28)14-17(30)27-7-5-3-4-6-8-27/h3-15H2,1-2H3,(H,23,24). The number of likely N-dealkylation sites (N-methyl/N-ethyl adjacent to an activating group) is 1. The Kier molecular flexibility index (Phi) is 9.19. The summed E-state index contributed by atoms with van der Waals surface area (Å²) in [6, 6.07) is 0. The molecule has 0 aromatic rings. The number of alkyl halides is 3. The lowest BCUT2D eigenvalue weighted by atomic mass is 10.2. The fraction of sp³-hybridized carbons (Fsp3) is 0.842. The van der Waals surface area contributed by atoms with Crippen LogP contribution in [-0.4, -0.2) is 117 Å². The highest BCUT2D eigenvalue weighted by atomic mass is 19.4. The molecule has 0 unspecified atom stereocenters. The molecule has 30 heavy (non-hydrogen) atoms. The van der Waals surface area contributed by atoms with Crippen LogP contribution in [0.4, 0.5) is 13.2 Å². The molecule has 2 heterocycles. The van der Waals surface area contributed by atoms with Crippen LogP contribution in [0.25, 0.3) is 0 Å². The van der Waals surface area contributed by atoms with Gasteiger partial charge in [-0.05, 0) is 12.8 Å². The molecule has 0 bridgehead atoms. The topological polar surface area (TPSA) is 71.5 Å². The van der Waals surface area contributed by atoms with Gasteiger partial charge in [-0.1, -0.05) is 12.8 Å². The summed E-state index contributed by atoms with van der Waals surface area (Å²) in [6.45, 7) is 3.16. The molecule has 2 aliphatic heterocycles. The zero-order valence-corrected chi connectivity index (χ0v) is 17.9. The van der Waals surface area contributed by atoms with Crippen molar-refractivity contribution < 1.29 is 22.8 Å². The number of piperazine rings is 1. The second-order valence-corrected chi connectivity index (χ2v) is 7.82. The van der Waals surface area contributed by atoms with Crippen LogP contribution in [0, 0.1) is 0 Å². The number of halogens is 3. The second kappa shape index (κ2) is 11.4. The molecule has 0 radical (unpaired) electrons. The minimum Gasteiger partial charge on any atom is -0.347 e. The first kappa shape index (κ1) is 24.2. The van der Waals surface area contributed by atoms with Crippen molar-refractivity contribution in [2.45, 2.75) is 31.9 Å². The number of aliphatic imine (C=N–C) groups is 1. The Hall–Kier alpha value is -2.04. The van der Waals surface area contributed by atoms with Crippen molar-refractivity contribution in [3.8, 4) is 0 Å². The number of nitrogens with one attached hydrogen (secondary N) is 1. The maximum Gasteiger partial charge on any atom is 0.406 e. The van der Waals surface area contributed by atoms with E-state index in [-0.39, 0.29) is 12.5 Å². The van der Waals surface area contributed by atoms with Gasteiger partial charge in [0.1, 0.15) is 6.54 Å². The normalized spacial score (nSPS) is 19.4. The number of hydrogen-bond acceptors (Lipinski definition) is 4. The predicted molar refractivity (Wildman–Crippen MR) is 108 cm³/mol. The average Bonchev–Trinajstić information content (AvgIpc) is 2.97. The molecular weight excluding hydrogens is 401 g/mol. The van der Waals surface area contributed by atoms with E-state index in [1.54, 1.807) is 7.05 Å². The third-order valence-electron chi connectivity index (χ3n) is 5.44. The molecule has 0 saturated carbocycles. The highest BCUT2D eigenvalue weighted by molar-refractivity contribution is 5.86. The molecule has 2 aliphatic rings. The van der Waals surface area contributed by atoms with Crippen molar-refractivity contribution in [1.82, 2.24) is 24.9 Å². The van der Waals surface area contributed by atoms with Crippen LogP contribution in [0.15, 0.2) is 4.99 Å². The zero-order chi connectivity index (χ0) is 22.1. The fourth-order valence-electron chi connectivity index (χ4n) is 3.71. The maximum absolute atomic E-state index is 12.5. The van der Waals surface area contributed by atoms with Gasteiger partial charge in [0.15, 0.2) is 5.96 Å². The first-order valence-corrected chi connectivity index (χ1v) is 10.5. The Bertz CT molecular complexity index is 598. The fourth-order valence-corrected chi connectivity index (χ4v) is 3.71. The Morgan fingerprint density at radius 3 is 2.10 bits per heavy atom. The van der Waals surface area contributed by atoms with Crippen LogP contribution in [-0.2, 0) is 9.59 Å². The van der Waals surface area contributed by atoms with Gasteiger partial charge >= 0.3 is 6.18 Å². The number of hydrogen-bond donors (Lipinski definition) is 1. The Labute approximate surface area is 176 Å². The monoisotopic (exact) mass is 434 g/mol. The third kappa shape index (κ3) is 8.00. The van der Waals surface area contributed by atoms with Crippen LogP contribution in [0.2, 0.25) is 0 Å². The van der Waals surface area contributed by atoms with E-state index < -0.39 is 18.6 Å². The van der Waals surface area contributed by atoms with E-state index in [9.17, 15) is 22.8 Å². The molecule has 1 N–H and O–H groups in total. The molecule has 0 aliphatic carbocycles. The van der Waals surface area contributed by atoms with Crippen molar-refractivity contribution >= 4 is 17.8 Å². The van der Waals surface area contributed by atoms with Gasteiger partial charge in [0.25, 0.3) is 0 Å². The molecular formula is C19H33F3N6O2. The lowest BCUT2D eigenvalue weighted by Crippen LogP contribution is -2.55. The first-order valence-electron chi connectivity index (χ1n) is 10.5. The smallest absolute Gasteiger partial charge is 0.347 e. The highest BCUT2D eigenvalue weighted by Crippen LogP contribution is 2.15. The molecule has 0 spiro atoms. The van der Waals surface area contributed by atoms with Crippen molar-refractivity contribution in [3.63, 3.8) is 0 Å². The molecule has 2 rings (SSSR count). The zero-order valence-electron chi connectivity index (χ0n) is 17.9. The summed E-state index contributed by atoms with van der Waals surface area (Å²) in [4.78, 5) is 35.3. The summed E-state index contributed by atoms with van der Waals surface area (Å²) in [5.74, 6) is -0.0106. The summed E-state index contributed by atoms with van der Waals surface area (Å²) in [7, 11) is 2.70. The van der Waals surface area contributed by atoms with E-state index in [0.717, 1.165) is 33.0 Å². The lowest BCUT2D eigenvalue weighted by Gasteiger charge is -2.37. The summed E-state index contributed by atoms with van der Waals surface area (Å²) in [5.41, 5.74) is 0. The van der Waals surface area contributed by atoms with Gasteiger partial charge in [-0.2, -0.15) is 13.2 Å². The van der Waals surface area contributed by atoms with E-state index in [1.807, 2.05) is 9.80 Å². The second-order valence-electron chi connectivity index (χ2n) is 7.82. The van der Waals surface area contributed by atoms with Gasteiger partial charge < -0.3 is 20.0 Å². The average molecular weight is 435 g/mol. The van der Waals surface area contributed by atoms with Crippen molar-refractivity contribution in [2.75, 3.05) is 73.0 Å². The van der Waals surface area contributed by atoms with Crippen LogP contribution in [0.3, 0.4) is 0 Å². The molecule has 2 amide bonds. The number of guanidine groups is 1. The number of amides is 2.